The summed E-state index contributed by atoms with van der Waals surface area (Å²) >= 11 is 0. The van der Waals surface area contributed by atoms with E-state index < -0.39 is 29.6 Å². The van der Waals surface area contributed by atoms with Crippen molar-refractivity contribution in [1.82, 2.24) is 0 Å². The molecule has 6 heteroatoms. The molecule has 0 fully saturated rings. The predicted molar refractivity (Wildman–Crippen MR) is 52.3 cm³/mol. The van der Waals surface area contributed by atoms with Gasteiger partial charge in [0.1, 0.15) is 5.92 Å². The molecule has 0 aliphatic rings. The number of primary amides is 2. The first-order valence-corrected chi connectivity index (χ1v) is 4.62. The second kappa shape index (κ2) is 6.00. The van der Waals surface area contributed by atoms with Gasteiger partial charge in [-0.05, 0) is 6.42 Å². The van der Waals surface area contributed by atoms with Gasteiger partial charge < -0.3 is 16.2 Å². The molecule has 1 atom stereocenters. The zero-order valence-electron chi connectivity index (χ0n) is 8.86. The summed E-state index contributed by atoms with van der Waals surface area (Å²) in [6.45, 7) is 1.81. The third-order valence-corrected chi connectivity index (χ3v) is 2.12. The molecule has 4 N–H and O–H groups in total. The van der Waals surface area contributed by atoms with Crippen molar-refractivity contribution in [3.05, 3.63) is 0 Å². The minimum absolute atomic E-state index is 0.337. The Bertz CT molecular complexity index is 251. The average Bonchev–Trinajstić information content (AvgIpc) is 2.14. The molecule has 0 rings (SSSR count). The van der Waals surface area contributed by atoms with Gasteiger partial charge in [-0.1, -0.05) is 13.3 Å². The quantitative estimate of drug-likeness (QED) is 0.445. The van der Waals surface area contributed by atoms with E-state index in [1.165, 1.54) is 7.11 Å². The first kappa shape index (κ1) is 13.4. The number of carbonyl (C=O) groups is 3. The maximum atomic E-state index is 11.3. The van der Waals surface area contributed by atoms with Crippen molar-refractivity contribution in [3.63, 3.8) is 0 Å². The smallest absolute Gasteiger partial charge is 0.310 e. The van der Waals surface area contributed by atoms with Crippen molar-refractivity contribution in [2.75, 3.05) is 7.11 Å². The summed E-state index contributed by atoms with van der Waals surface area (Å²) in [4.78, 5) is 33.3. The Morgan fingerprint density at radius 2 is 1.67 bits per heavy atom. The summed E-state index contributed by atoms with van der Waals surface area (Å²) in [5.74, 6) is -4.61. The number of rotatable bonds is 6. The van der Waals surface area contributed by atoms with Crippen LogP contribution in [-0.4, -0.2) is 24.9 Å². The van der Waals surface area contributed by atoms with Crippen LogP contribution in [0.2, 0.25) is 0 Å². The molecule has 0 aromatic heterocycles. The van der Waals surface area contributed by atoms with Crippen LogP contribution in [0.4, 0.5) is 0 Å². The van der Waals surface area contributed by atoms with Crippen LogP contribution in [0, 0.1) is 11.8 Å². The molecule has 0 saturated carbocycles. The number of ether oxygens (including phenoxy) is 1. The number of amides is 2. The van der Waals surface area contributed by atoms with Gasteiger partial charge >= 0.3 is 5.97 Å². The van der Waals surface area contributed by atoms with Crippen LogP contribution in [0.1, 0.15) is 19.8 Å². The molecule has 0 aliphatic heterocycles. The minimum Gasteiger partial charge on any atom is -0.469 e. The fraction of sp³-hybridized carbons (Fsp3) is 0.667. The standard InChI is InChI=1S/C9H16N2O4/c1-3-4-5(9(14)15-2)6(7(10)12)8(11)13/h5-6H,3-4H2,1-2H3,(H2,10,12)(H2,11,13). The van der Waals surface area contributed by atoms with Gasteiger partial charge in [-0.25, -0.2) is 0 Å². The maximum Gasteiger partial charge on any atom is 0.310 e. The lowest BCUT2D eigenvalue weighted by atomic mass is 9.87. The highest BCUT2D eigenvalue weighted by Crippen LogP contribution is 2.19. The highest BCUT2D eigenvalue weighted by atomic mass is 16.5. The van der Waals surface area contributed by atoms with Crippen molar-refractivity contribution in [2.24, 2.45) is 23.3 Å². The Morgan fingerprint density at radius 3 is 1.93 bits per heavy atom. The van der Waals surface area contributed by atoms with Crippen molar-refractivity contribution in [1.29, 1.82) is 0 Å². The number of carbonyl (C=O) groups excluding carboxylic acids is 3. The van der Waals surface area contributed by atoms with E-state index in [9.17, 15) is 14.4 Å². The van der Waals surface area contributed by atoms with Gasteiger partial charge in [0.15, 0.2) is 0 Å². The number of hydrogen-bond donors (Lipinski definition) is 2. The van der Waals surface area contributed by atoms with Crippen molar-refractivity contribution in [3.8, 4) is 0 Å². The molecular weight excluding hydrogens is 200 g/mol. The number of hydrogen-bond acceptors (Lipinski definition) is 4. The molecule has 0 bridgehead atoms. The first-order valence-electron chi connectivity index (χ1n) is 4.62. The molecule has 0 aromatic carbocycles. The summed E-state index contributed by atoms with van der Waals surface area (Å²) in [7, 11) is 1.18. The van der Waals surface area contributed by atoms with E-state index in [0.717, 1.165) is 0 Å². The van der Waals surface area contributed by atoms with Crippen molar-refractivity contribution in [2.45, 2.75) is 19.8 Å². The summed E-state index contributed by atoms with van der Waals surface area (Å²) < 4.78 is 4.49. The van der Waals surface area contributed by atoms with E-state index in [0.29, 0.717) is 12.8 Å². The molecule has 0 heterocycles. The zero-order chi connectivity index (χ0) is 12.0. The average molecular weight is 216 g/mol. The van der Waals surface area contributed by atoms with Gasteiger partial charge in [-0.3, -0.25) is 14.4 Å². The highest BCUT2D eigenvalue weighted by Gasteiger charge is 2.36. The van der Waals surface area contributed by atoms with Gasteiger partial charge in [0.25, 0.3) is 0 Å². The van der Waals surface area contributed by atoms with Crippen LogP contribution in [0.25, 0.3) is 0 Å². The van der Waals surface area contributed by atoms with Gasteiger partial charge in [0.05, 0.1) is 13.0 Å². The van der Waals surface area contributed by atoms with Gasteiger partial charge in [0.2, 0.25) is 11.8 Å². The molecule has 6 nitrogen and oxygen atoms in total. The Kier molecular flexibility index (Phi) is 5.36. The lowest BCUT2D eigenvalue weighted by Gasteiger charge is -2.19. The Hall–Kier alpha value is -1.59. The van der Waals surface area contributed by atoms with Gasteiger partial charge in [0, 0.05) is 0 Å². The normalized spacial score (nSPS) is 12.2. The minimum atomic E-state index is -1.29. The highest BCUT2D eigenvalue weighted by molar-refractivity contribution is 6.02. The zero-order valence-corrected chi connectivity index (χ0v) is 8.86. The molecule has 86 valence electrons. The Labute approximate surface area is 87.9 Å². The fourth-order valence-corrected chi connectivity index (χ4v) is 1.42. The van der Waals surface area contributed by atoms with Crippen LogP contribution in [0.15, 0.2) is 0 Å². The molecule has 0 spiro atoms. The number of esters is 1. The van der Waals surface area contributed by atoms with Crippen LogP contribution in [0.3, 0.4) is 0 Å². The van der Waals surface area contributed by atoms with Crippen molar-refractivity contribution >= 4 is 17.8 Å². The van der Waals surface area contributed by atoms with Crippen LogP contribution >= 0.6 is 0 Å². The molecule has 0 radical (unpaired) electrons. The lowest BCUT2D eigenvalue weighted by Crippen LogP contribution is -2.43. The second-order valence-corrected chi connectivity index (χ2v) is 3.20. The summed E-state index contributed by atoms with van der Waals surface area (Å²) in [5.41, 5.74) is 10.0. The van der Waals surface area contributed by atoms with Crippen molar-refractivity contribution < 1.29 is 19.1 Å². The van der Waals surface area contributed by atoms with Crippen LogP contribution < -0.4 is 11.5 Å². The largest absolute Gasteiger partial charge is 0.469 e. The van der Waals surface area contributed by atoms with E-state index in [4.69, 9.17) is 11.5 Å². The molecule has 15 heavy (non-hydrogen) atoms. The number of methoxy groups -OCH3 is 1. The second-order valence-electron chi connectivity index (χ2n) is 3.20. The summed E-state index contributed by atoms with van der Waals surface area (Å²) in [6.07, 6.45) is 0.958. The fourth-order valence-electron chi connectivity index (χ4n) is 1.42. The predicted octanol–water partition coefficient (Wildman–Crippen LogP) is -0.837. The summed E-state index contributed by atoms with van der Waals surface area (Å²) in [5, 5.41) is 0. The topological polar surface area (TPSA) is 112 Å². The molecule has 2 amide bonds. The van der Waals surface area contributed by atoms with E-state index in [1.807, 2.05) is 6.92 Å². The van der Waals surface area contributed by atoms with Crippen LogP contribution in [-0.2, 0) is 19.1 Å². The monoisotopic (exact) mass is 216 g/mol. The number of nitrogens with two attached hydrogens (primary N) is 2. The Balaban J connectivity index is 4.91. The SMILES string of the molecule is CCCC(C(=O)OC)C(C(N)=O)C(N)=O. The molecular formula is C9H16N2O4. The third kappa shape index (κ3) is 3.57. The maximum absolute atomic E-state index is 11.3. The third-order valence-electron chi connectivity index (χ3n) is 2.12. The van der Waals surface area contributed by atoms with E-state index in [1.54, 1.807) is 0 Å². The van der Waals surface area contributed by atoms with E-state index in [-0.39, 0.29) is 0 Å². The van der Waals surface area contributed by atoms with Gasteiger partial charge in [-0.15, -0.1) is 0 Å². The van der Waals surface area contributed by atoms with Crippen LogP contribution in [0.5, 0.6) is 0 Å². The van der Waals surface area contributed by atoms with Gasteiger partial charge in [-0.2, -0.15) is 0 Å². The van der Waals surface area contributed by atoms with E-state index in [2.05, 4.69) is 4.74 Å². The lowest BCUT2D eigenvalue weighted by molar-refractivity contribution is -0.153. The first-order chi connectivity index (χ1) is 6.95. The Morgan fingerprint density at radius 1 is 1.20 bits per heavy atom. The molecule has 0 aliphatic carbocycles. The van der Waals surface area contributed by atoms with E-state index >= 15 is 0 Å². The molecule has 0 aromatic rings. The molecule has 0 saturated heterocycles. The summed E-state index contributed by atoms with van der Waals surface area (Å²) in [6, 6.07) is 0. The molecule has 1 unspecified atom stereocenters.